The summed E-state index contributed by atoms with van der Waals surface area (Å²) in [5.41, 5.74) is 0. The smallest absolute Gasteiger partial charge is 0.876 e. The van der Waals surface area contributed by atoms with E-state index in [0.29, 0.717) is 0 Å². The standard InChI is InChI=1S/2C5H8O2.2C2H5O.Ti/c2*1-4(6)3-5(2)7;2*1-2-3;/h2*3,6H,1-2H3;2*2H2,1H3;/q;;2*-1;+4/p-2/b2*4-3+;;;. The average Bonchev–Trinajstić information content (AvgIpc) is 2.15. The number of ketones is 2. The Morgan fingerprint density at radius 2 is 0.905 bits per heavy atom. The third kappa shape index (κ3) is 111. The van der Waals surface area contributed by atoms with Crippen molar-refractivity contribution in [2.75, 3.05) is 13.2 Å². The number of rotatable bonds is 2. The predicted molar refractivity (Wildman–Crippen MR) is 70.0 cm³/mol. The second-order valence-corrected chi connectivity index (χ2v) is 3.31. The van der Waals surface area contributed by atoms with Crippen molar-refractivity contribution in [3.63, 3.8) is 0 Å². The minimum absolute atomic E-state index is 0. The van der Waals surface area contributed by atoms with Crippen LogP contribution < -0.4 is 20.4 Å². The molecule has 0 N–H and O–H groups in total. The van der Waals surface area contributed by atoms with Gasteiger partial charge in [0.15, 0.2) is 11.6 Å². The molecule has 0 aromatic carbocycles. The van der Waals surface area contributed by atoms with Gasteiger partial charge in [0.1, 0.15) is 0 Å². The van der Waals surface area contributed by atoms with Crippen molar-refractivity contribution in [3.8, 4) is 0 Å². The van der Waals surface area contributed by atoms with E-state index in [1.807, 2.05) is 0 Å². The Bertz CT molecular complexity index is 260. The molecule has 0 radical (unpaired) electrons. The van der Waals surface area contributed by atoms with E-state index in [-0.39, 0.29) is 58.0 Å². The van der Waals surface area contributed by atoms with Crippen LogP contribution in [0.2, 0.25) is 0 Å². The summed E-state index contributed by atoms with van der Waals surface area (Å²) in [7, 11) is 0. The van der Waals surface area contributed by atoms with Crippen LogP contribution in [0.4, 0.5) is 0 Å². The molecule has 7 heteroatoms. The second kappa shape index (κ2) is 27.4. The molecule has 0 amide bonds. The van der Waals surface area contributed by atoms with E-state index in [1.165, 1.54) is 27.7 Å². The fourth-order valence-electron chi connectivity index (χ4n) is 0.572. The molecule has 0 fully saturated rings. The van der Waals surface area contributed by atoms with Crippen molar-refractivity contribution in [1.82, 2.24) is 0 Å². The minimum atomic E-state index is -0.187. The van der Waals surface area contributed by atoms with Crippen LogP contribution in [0.5, 0.6) is 0 Å². The maximum Gasteiger partial charge on any atom is 4.00 e. The van der Waals surface area contributed by atoms with E-state index in [4.69, 9.17) is 10.2 Å². The third-order valence-electron chi connectivity index (χ3n) is 0.813. The van der Waals surface area contributed by atoms with E-state index < -0.39 is 0 Å². The first-order valence-corrected chi connectivity index (χ1v) is 5.96. The summed E-state index contributed by atoms with van der Waals surface area (Å²) in [5.74, 6) is -0.750. The van der Waals surface area contributed by atoms with Crippen LogP contribution in [0, 0.1) is 0 Å². The van der Waals surface area contributed by atoms with Crippen molar-refractivity contribution in [3.05, 3.63) is 23.7 Å². The van der Waals surface area contributed by atoms with Crippen molar-refractivity contribution in [2.24, 2.45) is 0 Å². The molecule has 0 bridgehead atoms. The number of carbonyl (C=O) groups is 2. The zero-order chi connectivity index (χ0) is 17.1. The summed E-state index contributed by atoms with van der Waals surface area (Å²) in [5, 5.41) is 37.8. The first-order chi connectivity index (χ1) is 9.08. The summed E-state index contributed by atoms with van der Waals surface area (Å²) in [6.45, 7) is 8.53. The molecule has 0 aliphatic carbocycles. The quantitative estimate of drug-likeness (QED) is 0.340. The molecule has 0 aliphatic heterocycles. The zero-order valence-corrected chi connectivity index (χ0v) is 15.1. The molecule has 0 aromatic heterocycles. The van der Waals surface area contributed by atoms with Crippen molar-refractivity contribution in [1.29, 1.82) is 0 Å². The molecule has 6 nitrogen and oxygen atoms in total. The molecule has 0 aliphatic rings. The van der Waals surface area contributed by atoms with Crippen molar-refractivity contribution in [2.45, 2.75) is 41.5 Å². The monoisotopic (exact) mass is 336 g/mol. The summed E-state index contributed by atoms with van der Waals surface area (Å²) < 4.78 is 0. The molecule has 0 rings (SSSR count). The Morgan fingerprint density at radius 3 is 0.905 bits per heavy atom. The van der Waals surface area contributed by atoms with Gasteiger partial charge in [-0.05, 0) is 26.0 Å². The number of hydrogen-bond donors (Lipinski definition) is 0. The SMILES string of the molecule is CC(=O)/C=C(\C)[O-].CC(=O)/C=C(\C)[O-].CC[O-].CC[O-].[Ti+4]. The molecule has 120 valence electrons. The fraction of sp³-hybridized carbons (Fsp3) is 0.571. The molecule has 0 spiro atoms. The maximum atomic E-state index is 9.98. The minimum Gasteiger partial charge on any atom is -0.876 e. The van der Waals surface area contributed by atoms with Crippen LogP contribution in [0.15, 0.2) is 23.7 Å². The predicted octanol–water partition coefficient (Wildman–Crippen LogP) is -1.59. The Kier molecular flexibility index (Phi) is 41.9. The summed E-state index contributed by atoms with van der Waals surface area (Å²) in [6.07, 6.45) is 2.11. The van der Waals surface area contributed by atoms with Crippen LogP contribution in [0.3, 0.4) is 0 Å². The van der Waals surface area contributed by atoms with Gasteiger partial charge in [0.05, 0.1) is 0 Å². The Hall–Kier alpha value is -0.946. The van der Waals surface area contributed by atoms with Gasteiger partial charge in [0.25, 0.3) is 0 Å². The summed E-state index contributed by atoms with van der Waals surface area (Å²) >= 11 is 0. The zero-order valence-electron chi connectivity index (χ0n) is 13.5. The number of carbonyl (C=O) groups excluding carboxylic acids is 2. The first kappa shape index (κ1) is 32.1. The first-order valence-electron chi connectivity index (χ1n) is 5.96. The van der Waals surface area contributed by atoms with E-state index in [0.717, 1.165) is 12.2 Å². The van der Waals surface area contributed by atoms with E-state index in [1.54, 1.807) is 13.8 Å². The molecule has 0 unspecified atom stereocenters. The summed E-state index contributed by atoms with van der Waals surface area (Å²) in [4.78, 5) is 20.0. The van der Waals surface area contributed by atoms with Gasteiger partial charge in [0.2, 0.25) is 0 Å². The average molecular weight is 336 g/mol. The van der Waals surface area contributed by atoms with Crippen LogP contribution in [0.1, 0.15) is 41.5 Å². The van der Waals surface area contributed by atoms with Crippen molar-refractivity contribution >= 4 is 11.6 Å². The topological polar surface area (TPSA) is 126 Å². The van der Waals surface area contributed by atoms with Gasteiger partial charge in [-0.25, -0.2) is 0 Å². The Morgan fingerprint density at radius 1 is 0.762 bits per heavy atom. The van der Waals surface area contributed by atoms with Crippen LogP contribution in [-0.2, 0) is 31.3 Å². The van der Waals surface area contributed by atoms with Crippen molar-refractivity contribution < 1.29 is 51.7 Å². The fourth-order valence-corrected chi connectivity index (χ4v) is 0.572. The van der Waals surface area contributed by atoms with E-state index >= 15 is 0 Å². The van der Waals surface area contributed by atoms with Gasteiger partial charge in [-0.15, -0.1) is 24.7 Å². The summed E-state index contributed by atoms with van der Waals surface area (Å²) in [6, 6.07) is 0. The molecule has 0 saturated carbocycles. The Labute approximate surface area is 142 Å². The largest absolute Gasteiger partial charge is 4.00 e. The molecular weight excluding hydrogens is 312 g/mol. The third-order valence-corrected chi connectivity index (χ3v) is 0.813. The number of hydrogen-bond acceptors (Lipinski definition) is 6. The normalized spacial score (nSPS) is 9.33. The number of allylic oxidation sites excluding steroid dienone is 4. The Balaban J connectivity index is -0.0000000576. The molecule has 0 atom stereocenters. The van der Waals surface area contributed by atoms with Gasteiger partial charge in [-0.2, -0.15) is 0 Å². The van der Waals surface area contributed by atoms with E-state index in [9.17, 15) is 19.8 Å². The van der Waals surface area contributed by atoms with Gasteiger partial charge in [0, 0.05) is 0 Å². The molecule has 0 aromatic rings. The van der Waals surface area contributed by atoms with Crippen LogP contribution in [-0.4, -0.2) is 24.8 Å². The van der Waals surface area contributed by atoms with Gasteiger partial charge in [-0.3, -0.25) is 9.59 Å². The molecular formula is C14H24O6Ti. The van der Waals surface area contributed by atoms with Crippen LogP contribution in [0.25, 0.3) is 0 Å². The van der Waals surface area contributed by atoms with Crippen LogP contribution >= 0.6 is 0 Å². The van der Waals surface area contributed by atoms with E-state index in [2.05, 4.69) is 0 Å². The molecule has 0 saturated heterocycles. The van der Waals surface area contributed by atoms with Gasteiger partial charge >= 0.3 is 21.7 Å². The maximum absolute atomic E-state index is 9.98. The van der Waals surface area contributed by atoms with Gasteiger partial charge in [-0.1, -0.05) is 27.7 Å². The molecule has 0 heterocycles. The molecule has 21 heavy (non-hydrogen) atoms. The van der Waals surface area contributed by atoms with Gasteiger partial charge < -0.3 is 20.4 Å². The second-order valence-electron chi connectivity index (χ2n) is 3.31.